The number of hydrogen-bond donors (Lipinski definition) is 1. The summed E-state index contributed by atoms with van der Waals surface area (Å²) in [5, 5.41) is 3.21. The average molecular weight is 380 g/mol. The highest BCUT2D eigenvalue weighted by Gasteiger charge is 2.54. The van der Waals surface area contributed by atoms with E-state index >= 15 is 0 Å². The molecule has 1 saturated carbocycles. The lowest BCUT2D eigenvalue weighted by atomic mass is 10.0. The van der Waals surface area contributed by atoms with Crippen molar-refractivity contribution in [2.75, 3.05) is 19.3 Å². The number of hydrogen-bond acceptors (Lipinski definition) is 3. The van der Waals surface area contributed by atoms with Crippen LogP contribution < -0.4 is 5.32 Å². The molecule has 1 heterocycles. The van der Waals surface area contributed by atoms with Crippen LogP contribution in [-0.2, 0) is 21.7 Å². The molecule has 0 radical (unpaired) electrons. The molecule has 3 rings (SSSR count). The predicted octanol–water partition coefficient (Wildman–Crippen LogP) is 2.85. The molecule has 1 N–H and O–H groups in total. The molecule has 2 aliphatic rings. The van der Waals surface area contributed by atoms with Gasteiger partial charge in [-0.25, -0.2) is 12.8 Å². The molecule has 9 heteroatoms. The summed E-state index contributed by atoms with van der Waals surface area (Å²) in [5.74, 6) is -1.35. The topological polar surface area (TPSA) is 49.4 Å². The zero-order chi connectivity index (χ0) is 18.5. The van der Waals surface area contributed by atoms with Crippen molar-refractivity contribution in [1.29, 1.82) is 0 Å². The molecular weight excluding hydrogens is 360 g/mol. The molecular formula is C16H20F4N2O2S. The van der Waals surface area contributed by atoms with Crippen molar-refractivity contribution in [2.24, 2.45) is 0 Å². The van der Waals surface area contributed by atoms with E-state index in [2.05, 4.69) is 5.32 Å². The number of halogens is 4. The van der Waals surface area contributed by atoms with Crippen molar-refractivity contribution in [2.45, 2.75) is 43.4 Å². The molecule has 25 heavy (non-hydrogen) atoms. The van der Waals surface area contributed by atoms with Gasteiger partial charge in [0.15, 0.2) is 0 Å². The minimum atomic E-state index is -4.82. The van der Waals surface area contributed by atoms with Gasteiger partial charge in [-0.3, -0.25) is 0 Å². The molecule has 0 spiro atoms. The van der Waals surface area contributed by atoms with Crippen LogP contribution in [0.25, 0.3) is 0 Å². The second-order valence-electron chi connectivity index (χ2n) is 6.81. The Bertz CT molecular complexity index is 754. The molecule has 0 aromatic heterocycles. The summed E-state index contributed by atoms with van der Waals surface area (Å²) in [7, 11) is -3.64. The normalized spacial score (nSPS) is 23.2. The standard InChI is InChI=1S/C16H20F4N2O2S/c1-25(23,24)22(10-12-3-2-8-21-12)15(6-7-15)11-4-5-14(17)13(9-11)16(18,19)20/h4-5,9,12,21H,2-3,6-8,10H2,1H3. The van der Waals surface area contributed by atoms with E-state index in [1.165, 1.54) is 10.4 Å². The summed E-state index contributed by atoms with van der Waals surface area (Å²) in [6.07, 6.45) is -1.15. The van der Waals surface area contributed by atoms with Gasteiger partial charge in [-0.15, -0.1) is 0 Å². The average Bonchev–Trinajstić information content (AvgIpc) is 3.11. The highest BCUT2D eigenvalue weighted by atomic mass is 32.2. The highest BCUT2D eigenvalue weighted by molar-refractivity contribution is 7.88. The van der Waals surface area contributed by atoms with Crippen molar-refractivity contribution in [3.63, 3.8) is 0 Å². The second-order valence-corrected chi connectivity index (χ2v) is 8.72. The van der Waals surface area contributed by atoms with Crippen LogP contribution in [0.4, 0.5) is 17.6 Å². The Morgan fingerprint density at radius 1 is 1.32 bits per heavy atom. The molecule has 0 bridgehead atoms. The molecule has 1 aromatic carbocycles. The van der Waals surface area contributed by atoms with Crippen LogP contribution in [0.1, 0.15) is 36.8 Å². The van der Waals surface area contributed by atoms with Gasteiger partial charge in [0.1, 0.15) is 5.82 Å². The van der Waals surface area contributed by atoms with Crippen molar-refractivity contribution < 1.29 is 26.0 Å². The number of sulfonamides is 1. The third-order valence-electron chi connectivity index (χ3n) is 4.96. The molecule has 1 aliphatic carbocycles. The monoisotopic (exact) mass is 380 g/mol. The number of rotatable bonds is 5. The number of alkyl halides is 3. The largest absolute Gasteiger partial charge is 0.419 e. The fourth-order valence-electron chi connectivity index (χ4n) is 3.57. The molecule has 1 saturated heterocycles. The van der Waals surface area contributed by atoms with Crippen molar-refractivity contribution in [1.82, 2.24) is 9.62 Å². The van der Waals surface area contributed by atoms with Crippen LogP contribution in [0.15, 0.2) is 18.2 Å². The minimum Gasteiger partial charge on any atom is -0.313 e. The first-order chi connectivity index (χ1) is 11.5. The molecule has 1 aromatic rings. The van der Waals surface area contributed by atoms with E-state index in [1.54, 1.807) is 0 Å². The predicted molar refractivity (Wildman–Crippen MR) is 84.9 cm³/mol. The van der Waals surface area contributed by atoms with Gasteiger partial charge < -0.3 is 5.32 Å². The van der Waals surface area contributed by atoms with Crippen LogP contribution in [-0.4, -0.2) is 38.1 Å². The second kappa shape index (κ2) is 6.21. The Kier molecular flexibility index (Phi) is 4.62. The molecule has 2 fully saturated rings. The number of nitrogens with zero attached hydrogens (tertiary/aromatic N) is 1. The maximum absolute atomic E-state index is 13.6. The number of nitrogens with one attached hydrogen (secondary N) is 1. The van der Waals surface area contributed by atoms with Crippen LogP contribution in [0, 0.1) is 5.82 Å². The first kappa shape index (κ1) is 18.6. The lowest BCUT2D eigenvalue weighted by Gasteiger charge is -2.32. The van der Waals surface area contributed by atoms with E-state index in [9.17, 15) is 26.0 Å². The SMILES string of the molecule is CS(=O)(=O)N(CC1CCCN1)C1(c2ccc(F)c(C(F)(F)F)c2)CC1. The summed E-state index contributed by atoms with van der Waals surface area (Å²) in [6, 6.07) is 2.77. The van der Waals surface area contributed by atoms with Gasteiger partial charge in [0.05, 0.1) is 17.4 Å². The van der Waals surface area contributed by atoms with E-state index in [0.29, 0.717) is 12.8 Å². The van der Waals surface area contributed by atoms with E-state index in [-0.39, 0.29) is 18.2 Å². The van der Waals surface area contributed by atoms with Crippen molar-refractivity contribution in [3.05, 3.63) is 35.1 Å². The Morgan fingerprint density at radius 2 is 2.00 bits per heavy atom. The zero-order valence-corrected chi connectivity index (χ0v) is 14.6. The first-order valence-electron chi connectivity index (χ1n) is 8.12. The molecule has 140 valence electrons. The lowest BCUT2D eigenvalue weighted by Crippen LogP contribution is -2.46. The minimum absolute atomic E-state index is 0.0188. The van der Waals surface area contributed by atoms with Gasteiger partial charge >= 0.3 is 6.18 Å². The van der Waals surface area contributed by atoms with Crippen molar-refractivity contribution >= 4 is 10.0 Å². The third kappa shape index (κ3) is 3.68. The first-order valence-corrected chi connectivity index (χ1v) is 9.97. The summed E-state index contributed by atoms with van der Waals surface area (Å²) in [4.78, 5) is 0. The summed E-state index contributed by atoms with van der Waals surface area (Å²) in [5.41, 5.74) is -2.17. The summed E-state index contributed by atoms with van der Waals surface area (Å²) < 4.78 is 78.6. The molecule has 0 amide bonds. The van der Waals surface area contributed by atoms with Crippen LogP contribution in [0.5, 0.6) is 0 Å². The summed E-state index contributed by atoms with van der Waals surface area (Å²) >= 11 is 0. The Balaban J connectivity index is 1.99. The molecule has 4 nitrogen and oxygen atoms in total. The number of benzene rings is 1. The fraction of sp³-hybridized carbons (Fsp3) is 0.625. The Morgan fingerprint density at radius 3 is 2.48 bits per heavy atom. The quantitative estimate of drug-likeness (QED) is 0.800. The van der Waals surface area contributed by atoms with Gasteiger partial charge in [0.25, 0.3) is 0 Å². The zero-order valence-electron chi connectivity index (χ0n) is 13.7. The maximum atomic E-state index is 13.6. The molecule has 1 atom stereocenters. The Hall–Kier alpha value is -1.19. The van der Waals surface area contributed by atoms with Gasteiger partial charge in [0, 0.05) is 12.6 Å². The van der Waals surface area contributed by atoms with Crippen LogP contribution in [0.2, 0.25) is 0 Å². The van der Waals surface area contributed by atoms with E-state index < -0.39 is 33.1 Å². The maximum Gasteiger partial charge on any atom is 0.419 e. The smallest absolute Gasteiger partial charge is 0.313 e. The third-order valence-corrected chi connectivity index (χ3v) is 6.26. The van der Waals surface area contributed by atoms with Crippen LogP contribution >= 0.6 is 0 Å². The lowest BCUT2D eigenvalue weighted by molar-refractivity contribution is -0.140. The van der Waals surface area contributed by atoms with Crippen LogP contribution in [0.3, 0.4) is 0 Å². The fourth-order valence-corrected chi connectivity index (χ4v) is 4.95. The molecule has 1 aliphatic heterocycles. The Labute approximate surface area is 144 Å². The van der Waals surface area contributed by atoms with Gasteiger partial charge in [-0.1, -0.05) is 6.07 Å². The van der Waals surface area contributed by atoms with Gasteiger partial charge in [-0.2, -0.15) is 17.5 Å². The van der Waals surface area contributed by atoms with Gasteiger partial charge in [0.2, 0.25) is 10.0 Å². The van der Waals surface area contributed by atoms with Gasteiger partial charge in [-0.05, 0) is 49.9 Å². The molecule has 1 unspecified atom stereocenters. The highest BCUT2D eigenvalue weighted by Crippen LogP contribution is 2.53. The van der Waals surface area contributed by atoms with E-state index in [4.69, 9.17) is 0 Å². The van der Waals surface area contributed by atoms with E-state index in [1.807, 2.05) is 0 Å². The van der Waals surface area contributed by atoms with E-state index in [0.717, 1.165) is 37.8 Å². The summed E-state index contributed by atoms with van der Waals surface area (Å²) in [6.45, 7) is 1.00. The van der Waals surface area contributed by atoms with Crippen molar-refractivity contribution in [3.8, 4) is 0 Å².